The average Bonchev–Trinajstić information content (AvgIpc) is 3.29. The Labute approximate surface area is 184 Å². The number of thioether (sulfide) groups is 1. The van der Waals surface area contributed by atoms with Crippen molar-refractivity contribution in [2.75, 3.05) is 0 Å². The van der Waals surface area contributed by atoms with E-state index in [1.807, 2.05) is 87.1 Å². The van der Waals surface area contributed by atoms with Crippen LogP contribution in [-0.4, -0.2) is 35.7 Å². The van der Waals surface area contributed by atoms with Crippen molar-refractivity contribution in [2.45, 2.75) is 37.8 Å². The molecular formula is C22H24N6O2S. The molecule has 0 unspecified atom stereocenters. The Kier molecular flexibility index (Phi) is 5.94. The van der Waals surface area contributed by atoms with Crippen molar-refractivity contribution in [2.24, 2.45) is 7.05 Å². The molecule has 0 bridgehead atoms. The maximum absolute atomic E-state index is 13.3. The van der Waals surface area contributed by atoms with Crippen LogP contribution in [0.5, 0.6) is 5.75 Å². The van der Waals surface area contributed by atoms with Crippen LogP contribution in [0.2, 0.25) is 0 Å². The minimum Gasteiger partial charge on any atom is -0.491 e. The summed E-state index contributed by atoms with van der Waals surface area (Å²) in [5.41, 5.74) is 2.91. The first-order chi connectivity index (χ1) is 15.0. The molecule has 0 N–H and O–H groups in total. The van der Waals surface area contributed by atoms with E-state index in [0.717, 1.165) is 22.7 Å². The third kappa shape index (κ3) is 4.27. The van der Waals surface area contributed by atoms with E-state index < -0.39 is 0 Å². The molecule has 4 rings (SSSR count). The molecule has 0 spiro atoms. The van der Waals surface area contributed by atoms with Crippen molar-refractivity contribution in [3.05, 3.63) is 76.2 Å². The van der Waals surface area contributed by atoms with Gasteiger partial charge in [0.2, 0.25) is 5.16 Å². The number of ether oxygens (including phenoxy) is 1. The summed E-state index contributed by atoms with van der Waals surface area (Å²) < 4.78 is 10.7. The molecule has 4 aromatic rings. The molecule has 0 saturated carbocycles. The summed E-state index contributed by atoms with van der Waals surface area (Å²) in [6.07, 6.45) is 0.114. The zero-order valence-corrected chi connectivity index (χ0v) is 18.7. The minimum atomic E-state index is -0.173. The Morgan fingerprint density at radius 3 is 2.61 bits per heavy atom. The van der Waals surface area contributed by atoms with Gasteiger partial charge in [0.05, 0.1) is 17.5 Å². The van der Waals surface area contributed by atoms with Crippen LogP contribution in [0, 0.1) is 6.92 Å². The van der Waals surface area contributed by atoms with Gasteiger partial charge in [-0.15, -0.1) is 5.10 Å². The molecule has 0 aliphatic carbocycles. The quantitative estimate of drug-likeness (QED) is 0.412. The van der Waals surface area contributed by atoms with E-state index in [-0.39, 0.29) is 11.7 Å². The van der Waals surface area contributed by atoms with Gasteiger partial charge in [0.15, 0.2) is 5.69 Å². The standard InChI is InChI=1S/C22H24N6O2S/c1-15(2)30-19-12-8-9-17(13-19)14-31-22-23-24-25-27(22)20-16(3)26(4)28(21(20)29)18-10-6-5-7-11-18/h5-13,15H,14H2,1-4H3. The molecule has 0 atom stereocenters. The predicted octanol–water partition coefficient (Wildman–Crippen LogP) is 3.54. The number of aromatic nitrogens is 6. The molecule has 2 aromatic carbocycles. The molecule has 8 nitrogen and oxygen atoms in total. The summed E-state index contributed by atoms with van der Waals surface area (Å²) in [6, 6.07) is 17.5. The summed E-state index contributed by atoms with van der Waals surface area (Å²) in [5.74, 6) is 1.48. The number of para-hydroxylation sites is 1. The van der Waals surface area contributed by atoms with Crippen molar-refractivity contribution in [1.82, 2.24) is 29.6 Å². The van der Waals surface area contributed by atoms with Crippen molar-refractivity contribution in [3.8, 4) is 17.1 Å². The van der Waals surface area contributed by atoms with Crippen LogP contribution in [-0.2, 0) is 12.8 Å². The van der Waals surface area contributed by atoms with Gasteiger partial charge >= 0.3 is 0 Å². The summed E-state index contributed by atoms with van der Waals surface area (Å²) >= 11 is 1.47. The first kappa shape index (κ1) is 20.9. The number of tetrazole rings is 1. The lowest BCUT2D eigenvalue weighted by atomic mass is 10.2. The van der Waals surface area contributed by atoms with Crippen LogP contribution >= 0.6 is 11.8 Å². The van der Waals surface area contributed by atoms with Gasteiger partial charge in [0.1, 0.15) is 5.75 Å². The molecule has 31 heavy (non-hydrogen) atoms. The Balaban J connectivity index is 1.63. The summed E-state index contributed by atoms with van der Waals surface area (Å²) in [4.78, 5) is 13.3. The average molecular weight is 437 g/mol. The van der Waals surface area contributed by atoms with Gasteiger partial charge in [-0.25, -0.2) is 4.68 Å². The van der Waals surface area contributed by atoms with E-state index in [1.165, 1.54) is 16.4 Å². The van der Waals surface area contributed by atoms with Crippen LogP contribution in [0.4, 0.5) is 0 Å². The van der Waals surface area contributed by atoms with Gasteiger partial charge in [-0.2, -0.15) is 4.68 Å². The molecule has 9 heteroatoms. The Hall–Kier alpha value is -3.33. The van der Waals surface area contributed by atoms with Crippen LogP contribution in [0.1, 0.15) is 25.1 Å². The zero-order chi connectivity index (χ0) is 22.0. The van der Waals surface area contributed by atoms with Crippen molar-refractivity contribution >= 4 is 11.8 Å². The number of benzene rings is 2. The molecule has 0 radical (unpaired) electrons. The molecular weight excluding hydrogens is 412 g/mol. The molecule has 0 aliphatic heterocycles. The fraction of sp³-hybridized carbons (Fsp3) is 0.273. The molecule has 0 amide bonds. The van der Waals surface area contributed by atoms with Crippen molar-refractivity contribution in [3.63, 3.8) is 0 Å². The second kappa shape index (κ2) is 8.81. The third-order valence-corrected chi connectivity index (χ3v) is 5.81. The Morgan fingerprint density at radius 2 is 1.87 bits per heavy atom. The van der Waals surface area contributed by atoms with E-state index in [2.05, 4.69) is 15.5 Å². The fourth-order valence-corrected chi connectivity index (χ4v) is 4.16. The number of rotatable bonds is 7. The summed E-state index contributed by atoms with van der Waals surface area (Å²) in [5, 5.41) is 12.6. The zero-order valence-electron chi connectivity index (χ0n) is 17.9. The lowest BCUT2D eigenvalue weighted by Crippen LogP contribution is -2.22. The van der Waals surface area contributed by atoms with Gasteiger partial charge in [-0.05, 0) is 61.0 Å². The molecule has 0 saturated heterocycles. The molecule has 0 aliphatic rings. The van der Waals surface area contributed by atoms with Crippen LogP contribution in [0.3, 0.4) is 0 Å². The Bertz CT molecular complexity index is 1240. The lowest BCUT2D eigenvalue weighted by molar-refractivity contribution is 0.242. The highest BCUT2D eigenvalue weighted by atomic mass is 32.2. The number of hydrogen-bond acceptors (Lipinski definition) is 6. The molecule has 0 fully saturated rings. The maximum atomic E-state index is 13.3. The van der Waals surface area contributed by atoms with Crippen molar-refractivity contribution < 1.29 is 4.74 Å². The topological polar surface area (TPSA) is 79.8 Å². The van der Waals surface area contributed by atoms with Crippen LogP contribution < -0.4 is 10.3 Å². The first-order valence-corrected chi connectivity index (χ1v) is 11.0. The summed E-state index contributed by atoms with van der Waals surface area (Å²) in [7, 11) is 1.85. The maximum Gasteiger partial charge on any atom is 0.297 e. The smallest absolute Gasteiger partial charge is 0.297 e. The van der Waals surface area contributed by atoms with Gasteiger partial charge in [0, 0.05) is 12.8 Å². The van der Waals surface area contributed by atoms with Gasteiger partial charge in [-0.1, -0.05) is 42.1 Å². The second-order valence-corrected chi connectivity index (χ2v) is 8.33. The van der Waals surface area contributed by atoms with Crippen LogP contribution in [0.15, 0.2) is 64.5 Å². The minimum absolute atomic E-state index is 0.114. The van der Waals surface area contributed by atoms with E-state index in [0.29, 0.717) is 16.6 Å². The van der Waals surface area contributed by atoms with Gasteiger partial charge in [-0.3, -0.25) is 9.48 Å². The first-order valence-electron chi connectivity index (χ1n) is 9.97. The van der Waals surface area contributed by atoms with E-state index >= 15 is 0 Å². The van der Waals surface area contributed by atoms with Gasteiger partial charge < -0.3 is 4.74 Å². The largest absolute Gasteiger partial charge is 0.491 e. The van der Waals surface area contributed by atoms with Crippen molar-refractivity contribution in [1.29, 1.82) is 0 Å². The van der Waals surface area contributed by atoms with E-state index in [4.69, 9.17) is 4.74 Å². The SMILES string of the molecule is Cc1c(-n2nnnc2SCc2cccc(OC(C)C)c2)c(=O)n(-c2ccccc2)n1C. The predicted molar refractivity (Wildman–Crippen MR) is 120 cm³/mol. The van der Waals surface area contributed by atoms with Gasteiger partial charge in [0.25, 0.3) is 5.56 Å². The highest BCUT2D eigenvalue weighted by Gasteiger charge is 2.22. The second-order valence-electron chi connectivity index (χ2n) is 7.39. The molecule has 2 heterocycles. The van der Waals surface area contributed by atoms with E-state index in [1.54, 1.807) is 4.68 Å². The van der Waals surface area contributed by atoms with E-state index in [9.17, 15) is 4.79 Å². The highest BCUT2D eigenvalue weighted by Crippen LogP contribution is 2.25. The van der Waals surface area contributed by atoms with Crippen LogP contribution in [0.25, 0.3) is 11.4 Å². The fourth-order valence-electron chi connectivity index (χ4n) is 3.34. The Morgan fingerprint density at radius 1 is 1.10 bits per heavy atom. The molecule has 160 valence electrons. The molecule has 2 aromatic heterocycles. The number of nitrogens with zero attached hydrogens (tertiary/aromatic N) is 6. The monoisotopic (exact) mass is 436 g/mol. The number of hydrogen-bond donors (Lipinski definition) is 0. The lowest BCUT2D eigenvalue weighted by Gasteiger charge is -2.10. The highest BCUT2D eigenvalue weighted by molar-refractivity contribution is 7.98. The third-order valence-electron chi connectivity index (χ3n) is 4.81. The normalized spacial score (nSPS) is 11.3. The summed E-state index contributed by atoms with van der Waals surface area (Å²) in [6.45, 7) is 5.89.